The van der Waals surface area contributed by atoms with Gasteiger partial charge in [-0.15, -0.1) is 0 Å². The number of amides is 1. The summed E-state index contributed by atoms with van der Waals surface area (Å²) in [5.41, 5.74) is 7.04. The predicted octanol–water partition coefficient (Wildman–Crippen LogP) is 0.540. The lowest BCUT2D eigenvalue weighted by molar-refractivity contribution is -0.134. The molecule has 0 aliphatic carbocycles. The van der Waals surface area contributed by atoms with Crippen LogP contribution in [0.5, 0.6) is 0 Å². The second-order valence-corrected chi connectivity index (χ2v) is 4.85. The van der Waals surface area contributed by atoms with Gasteiger partial charge in [0.15, 0.2) is 0 Å². The lowest BCUT2D eigenvalue weighted by Crippen LogP contribution is -2.48. The quantitative estimate of drug-likeness (QED) is 0.820. The van der Waals surface area contributed by atoms with Crippen molar-refractivity contribution in [3.05, 3.63) is 35.9 Å². The van der Waals surface area contributed by atoms with Crippen LogP contribution in [0.3, 0.4) is 0 Å². The molecule has 0 radical (unpaired) electrons. The highest BCUT2D eigenvalue weighted by molar-refractivity contribution is 5.82. The molecule has 1 amide bonds. The number of aliphatic hydroxyl groups excluding tert-OH is 1. The SMILES string of the molecule is N[C@@H](Cc1ccccc1)C(=O)N1CCC(O)CC1. The standard InChI is InChI=1S/C14H20N2O2/c15-13(10-11-4-2-1-3-5-11)14(18)16-8-6-12(17)7-9-16/h1-5,12-13,17H,6-10,15H2/t13-/m0/s1. The predicted molar refractivity (Wildman–Crippen MR) is 69.9 cm³/mol. The van der Waals surface area contributed by atoms with Crippen molar-refractivity contribution < 1.29 is 9.90 Å². The Morgan fingerprint density at radius 3 is 2.56 bits per heavy atom. The van der Waals surface area contributed by atoms with Crippen molar-refractivity contribution >= 4 is 5.91 Å². The Kier molecular flexibility index (Phi) is 4.33. The van der Waals surface area contributed by atoms with Gasteiger partial charge in [-0.3, -0.25) is 4.79 Å². The molecule has 1 aliphatic heterocycles. The molecular weight excluding hydrogens is 228 g/mol. The summed E-state index contributed by atoms with van der Waals surface area (Å²) in [5.74, 6) is -0.00856. The molecule has 1 saturated heterocycles. The minimum absolute atomic E-state index is 0.00856. The van der Waals surface area contributed by atoms with Gasteiger partial charge in [0.25, 0.3) is 0 Å². The molecule has 4 nitrogen and oxygen atoms in total. The highest BCUT2D eigenvalue weighted by Gasteiger charge is 2.25. The van der Waals surface area contributed by atoms with Crippen molar-refractivity contribution in [3.8, 4) is 0 Å². The maximum absolute atomic E-state index is 12.1. The fourth-order valence-electron chi connectivity index (χ4n) is 2.28. The molecule has 18 heavy (non-hydrogen) atoms. The molecule has 1 aromatic carbocycles. The average Bonchev–Trinajstić information content (AvgIpc) is 2.40. The van der Waals surface area contributed by atoms with E-state index in [1.165, 1.54) is 0 Å². The van der Waals surface area contributed by atoms with Crippen LogP contribution in [0.15, 0.2) is 30.3 Å². The summed E-state index contributed by atoms with van der Waals surface area (Å²) < 4.78 is 0. The van der Waals surface area contributed by atoms with Gasteiger partial charge in [0.2, 0.25) is 5.91 Å². The van der Waals surface area contributed by atoms with Crippen LogP contribution in [0.1, 0.15) is 18.4 Å². The zero-order chi connectivity index (χ0) is 13.0. The van der Waals surface area contributed by atoms with Crippen LogP contribution in [-0.4, -0.2) is 41.1 Å². The van der Waals surface area contributed by atoms with E-state index in [0.29, 0.717) is 32.4 Å². The average molecular weight is 248 g/mol. The Morgan fingerprint density at radius 1 is 1.33 bits per heavy atom. The number of carbonyl (C=O) groups is 1. The molecule has 98 valence electrons. The van der Waals surface area contributed by atoms with E-state index in [0.717, 1.165) is 5.56 Å². The van der Waals surface area contributed by atoms with E-state index in [1.54, 1.807) is 4.90 Å². The fourth-order valence-corrected chi connectivity index (χ4v) is 2.28. The van der Waals surface area contributed by atoms with Gasteiger partial charge >= 0.3 is 0 Å². The van der Waals surface area contributed by atoms with Crippen molar-refractivity contribution in [1.29, 1.82) is 0 Å². The second kappa shape index (κ2) is 5.98. The molecule has 0 spiro atoms. The Hall–Kier alpha value is -1.39. The van der Waals surface area contributed by atoms with Gasteiger partial charge < -0.3 is 15.7 Å². The smallest absolute Gasteiger partial charge is 0.239 e. The minimum Gasteiger partial charge on any atom is -0.393 e. The molecule has 1 heterocycles. The Balaban J connectivity index is 1.89. The molecule has 2 rings (SSSR count). The molecule has 0 saturated carbocycles. The third-order valence-corrected chi connectivity index (χ3v) is 3.39. The summed E-state index contributed by atoms with van der Waals surface area (Å²) in [5, 5.41) is 9.41. The van der Waals surface area contributed by atoms with E-state index in [-0.39, 0.29) is 12.0 Å². The number of rotatable bonds is 3. The van der Waals surface area contributed by atoms with Gasteiger partial charge in [0, 0.05) is 13.1 Å². The number of nitrogens with two attached hydrogens (primary N) is 1. The van der Waals surface area contributed by atoms with Gasteiger partial charge in [0.1, 0.15) is 0 Å². The first-order valence-electron chi connectivity index (χ1n) is 6.43. The van der Waals surface area contributed by atoms with E-state index in [9.17, 15) is 9.90 Å². The largest absolute Gasteiger partial charge is 0.393 e. The van der Waals surface area contributed by atoms with E-state index >= 15 is 0 Å². The summed E-state index contributed by atoms with van der Waals surface area (Å²) in [6.45, 7) is 1.23. The van der Waals surface area contributed by atoms with Gasteiger partial charge in [-0.05, 0) is 24.8 Å². The lowest BCUT2D eigenvalue weighted by Gasteiger charge is -2.31. The van der Waals surface area contributed by atoms with E-state index in [2.05, 4.69) is 0 Å². The van der Waals surface area contributed by atoms with Gasteiger partial charge in [-0.2, -0.15) is 0 Å². The van der Waals surface area contributed by atoms with E-state index in [1.807, 2.05) is 30.3 Å². The van der Waals surface area contributed by atoms with Crippen molar-refractivity contribution in [1.82, 2.24) is 4.90 Å². The molecule has 0 aromatic heterocycles. The maximum Gasteiger partial charge on any atom is 0.239 e. The first-order valence-corrected chi connectivity index (χ1v) is 6.43. The zero-order valence-corrected chi connectivity index (χ0v) is 10.5. The topological polar surface area (TPSA) is 66.6 Å². The third-order valence-electron chi connectivity index (χ3n) is 3.39. The summed E-state index contributed by atoms with van der Waals surface area (Å²) in [6.07, 6.45) is 1.62. The molecule has 1 atom stereocenters. The van der Waals surface area contributed by atoms with Crippen LogP contribution >= 0.6 is 0 Å². The molecule has 4 heteroatoms. The molecule has 0 bridgehead atoms. The van der Waals surface area contributed by atoms with Gasteiger partial charge in [-0.25, -0.2) is 0 Å². The zero-order valence-electron chi connectivity index (χ0n) is 10.5. The first kappa shape index (κ1) is 13.1. The van der Waals surface area contributed by atoms with Crippen molar-refractivity contribution in [2.24, 2.45) is 5.73 Å². The normalized spacial score (nSPS) is 18.7. The molecule has 1 fully saturated rings. The number of hydrogen-bond acceptors (Lipinski definition) is 3. The highest BCUT2D eigenvalue weighted by atomic mass is 16.3. The minimum atomic E-state index is -0.484. The molecule has 3 N–H and O–H groups in total. The van der Waals surface area contributed by atoms with Crippen LogP contribution in [-0.2, 0) is 11.2 Å². The van der Waals surface area contributed by atoms with Crippen LogP contribution in [0.2, 0.25) is 0 Å². The Morgan fingerprint density at radius 2 is 1.94 bits per heavy atom. The van der Waals surface area contributed by atoms with Crippen molar-refractivity contribution in [2.45, 2.75) is 31.4 Å². The van der Waals surface area contributed by atoms with Crippen LogP contribution in [0.4, 0.5) is 0 Å². The van der Waals surface area contributed by atoms with Crippen LogP contribution in [0.25, 0.3) is 0 Å². The summed E-state index contributed by atoms with van der Waals surface area (Å²) >= 11 is 0. The molecular formula is C14H20N2O2. The number of hydrogen-bond donors (Lipinski definition) is 2. The maximum atomic E-state index is 12.1. The number of aliphatic hydroxyl groups is 1. The first-order chi connectivity index (χ1) is 8.66. The number of carbonyl (C=O) groups excluding carboxylic acids is 1. The molecule has 1 aliphatic rings. The monoisotopic (exact) mass is 248 g/mol. The van der Waals surface area contributed by atoms with Crippen molar-refractivity contribution in [3.63, 3.8) is 0 Å². The summed E-state index contributed by atoms with van der Waals surface area (Å²) in [4.78, 5) is 13.9. The fraction of sp³-hybridized carbons (Fsp3) is 0.500. The Labute approximate surface area is 107 Å². The lowest BCUT2D eigenvalue weighted by atomic mass is 10.0. The highest BCUT2D eigenvalue weighted by Crippen LogP contribution is 2.12. The van der Waals surface area contributed by atoms with Crippen molar-refractivity contribution in [2.75, 3.05) is 13.1 Å². The molecule has 1 aromatic rings. The number of benzene rings is 1. The van der Waals surface area contributed by atoms with Crippen LogP contribution < -0.4 is 5.73 Å². The van der Waals surface area contributed by atoms with E-state index in [4.69, 9.17) is 5.73 Å². The second-order valence-electron chi connectivity index (χ2n) is 4.85. The van der Waals surface area contributed by atoms with Gasteiger partial charge in [0.05, 0.1) is 12.1 Å². The van der Waals surface area contributed by atoms with E-state index < -0.39 is 6.04 Å². The third kappa shape index (κ3) is 3.31. The Bertz CT molecular complexity index is 386. The molecule has 0 unspecified atom stereocenters. The summed E-state index contributed by atoms with van der Waals surface area (Å²) in [6, 6.07) is 9.32. The van der Waals surface area contributed by atoms with Crippen LogP contribution in [0, 0.1) is 0 Å². The summed E-state index contributed by atoms with van der Waals surface area (Å²) in [7, 11) is 0. The number of nitrogens with zero attached hydrogens (tertiary/aromatic N) is 1. The number of likely N-dealkylation sites (tertiary alicyclic amines) is 1. The van der Waals surface area contributed by atoms with Gasteiger partial charge in [-0.1, -0.05) is 30.3 Å². The number of piperidine rings is 1.